The minimum atomic E-state index is -3.75. The largest absolute Gasteiger partial charge is 0.274 e. The summed E-state index contributed by atoms with van der Waals surface area (Å²) < 4.78 is 27.1. The zero-order valence-corrected chi connectivity index (χ0v) is 13.8. The number of nitrogens with one attached hydrogen (secondary N) is 1. The van der Waals surface area contributed by atoms with Gasteiger partial charge in [-0.15, -0.1) is 0 Å². The summed E-state index contributed by atoms with van der Waals surface area (Å²) in [4.78, 5) is 11.5. The highest BCUT2D eigenvalue weighted by atomic mass is 79.9. The molecule has 11 heteroatoms. The van der Waals surface area contributed by atoms with Gasteiger partial charge in [0.2, 0.25) is 0 Å². The van der Waals surface area contributed by atoms with E-state index in [9.17, 15) is 8.42 Å². The average Bonchev–Trinajstić information content (AvgIpc) is 2.70. The number of nitrogens with zero attached hydrogens (tertiary/aromatic N) is 3. The smallest absolute Gasteiger partial charge is 0.260 e. The van der Waals surface area contributed by atoms with Crippen LogP contribution in [0.1, 0.15) is 0 Å². The maximum Gasteiger partial charge on any atom is 0.274 e. The zero-order valence-electron chi connectivity index (χ0n) is 8.26. The van der Waals surface area contributed by atoms with E-state index in [0.717, 1.165) is 11.3 Å². The summed E-state index contributed by atoms with van der Waals surface area (Å²) >= 11 is 12.7. The molecule has 96 valence electrons. The van der Waals surface area contributed by atoms with Crippen molar-refractivity contribution in [3.8, 4) is 0 Å². The predicted molar refractivity (Wildman–Crippen MR) is 75.4 cm³/mol. The molecule has 1 N–H and O–H groups in total. The quantitative estimate of drug-likeness (QED) is 0.803. The van der Waals surface area contributed by atoms with Gasteiger partial charge >= 0.3 is 0 Å². The zero-order chi connectivity index (χ0) is 13.3. The van der Waals surface area contributed by atoms with Crippen molar-refractivity contribution in [2.24, 2.45) is 0 Å². The van der Waals surface area contributed by atoms with Crippen LogP contribution in [0.3, 0.4) is 0 Å². The maximum atomic E-state index is 12.0. The lowest BCUT2D eigenvalue weighted by atomic mass is 10.7. The van der Waals surface area contributed by atoms with E-state index >= 15 is 0 Å². The Morgan fingerprint density at radius 3 is 2.56 bits per heavy atom. The number of rotatable bonds is 3. The van der Waals surface area contributed by atoms with Crippen LogP contribution < -0.4 is 4.72 Å². The van der Waals surface area contributed by atoms with Crippen LogP contribution in [-0.2, 0) is 10.0 Å². The van der Waals surface area contributed by atoms with Gasteiger partial charge in [0.25, 0.3) is 10.0 Å². The molecule has 0 fully saturated rings. The fraction of sp³-hybridized carbons (Fsp3) is 0. The third-order valence-electron chi connectivity index (χ3n) is 1.65. The Labute approximate surface area is 128 Å². The second-order valence-corrected chi connectivity index (χ2v) is 7.96. The van der Waals surface area contributed by atoms with E-state index in [0.29, 0.717) is 4.60 Å². The molecule has 0 amide bonds. The number of hydrogen-bond acceptors (Lipinski definition) is 6. The van der Waals surface area contributed by atoms with Gasteiger partial charge < -0.3 is 0 Å². The Balaban J connectivity index is 2.33. The summed E-state index contributed by atoms with van der Waals surface area (Å²) in [5, 5.41) is 0. The van der Waals surface area contributed by atoms with Gasteiger partial charge in [-0.2, -0.15) is 0 Å². The van der Waals surface area contributed by atoms with Crippen LogP contribution >= 0.6 is 54.8 Å². The Hall–Kier alpha value is -0.290. The van der Waals surface area contributed by atoms with Gasteiger partial charge in [0.05, 0.1) is 12.4 Å². The normalized spacial score (nSPS) is 11.5. The lowest BCUT2D eigenvalue weighted by Crippen LogP contribution is -2.13. The van der Waals surface area contributed by atoms with Gasteiger partial charge in [-0.1, -0.05) is 22.9 Å². The van der Waals surface area contributed by atoms with E-state index < -0.39 is 10.0 Å². The van der Waals surface area contributed by atoms with Crippen molar-refractivity contribution in [1.29, 1.82) is 0 Å². The van der Waals surface area contributed by atoms with Crippen LogP contribution in [0.2, 0.25) is 4.47 Å². The van der Waals surface area contributed by atoms with E-state index in [1.54, 1.807) is 0 Å². The highest BCUT2D eigenvalue weighted by Crippen LogP contribution is 2.26. The third-order valence-corrected chi connectivity index (χ3v) is 5.50. The molecule has 6 nitrogen and oxygen atoms in total. The highest BCUT2D eigenvalue weighted by molar-refractivity contribution is 9.11. The van der Waals surface area contributed by atoms with E-state index in [2.05, 4.69) is 51.5 Å². The summed E-state index contributed by atoms with van der Waals surface area (Å²) in [5.41, 5.74) is 0. The molecule has 2 aromatic heterocycles. The summed E-state index contributed by atoms with van der Waals surface area (Å²) in [6.45, 7) is 0. The second kappa shape index (κ2) is 5.37. The lowest BCUT2D eigenvalue weighted by Gasteiger charge is -2.06. The third kappa shape index (κ3) is 3.18. The molecule has 18 heavy (non-hydrogen) atoms. The van der Waals surface area contributed by atoms with E-state index in [-0.39, 0.29) is 19.1 Å². The Bertz CT molecular complexity index is 691. The topological polar surface area (TPSA) is 84.8 Å². The first kappa shape index (κ1) is 14.1. The molecule has 2 aromatic rings. The van der Waals surface area contributed by atoms with Crippen LogP contribution in [0.5, 0.6) is 0 Å². The van der Waals surface area contributed by atoms with Gasteiger partial charge in [-0.3, -0.25) is 4.72 Å². The van der Waals surface area contributed by atoms with Crippen molar-refractivity contribution < 1.29 is 8.42 Å². The molecule has 0 unspecified atom stereocenters. The number of hydrogen-bond donors (Lipinski definition) is 1. The first-order chi connectivity index (χ1) is 8.38. The molecular weight excluding hydrogens is 431 g/mol. The molecule has 0 radical (unpaired) electrons. The van der Waals surface area contributed by atoms with E-state index in [1.807, 2.05) is 0 Å². The molecule has 0 spiro atoms. The fourth-order valence-electron chi connectivity index (χ4n) is 0.956. The SMILES string of the molecule is O=S(=O)(Nc1ncc(Br)nc1Br)c1cnc(Cl)s1. The van der Waals surface area contributed by atoms with Crippen LogP contribution in [-0.4, -0.2) is 23.4 Å². The molecule has 0 aliphatic carbocycles. The first-order valence-electron chi connectivity index (χ1n) is 4.20. The molecule has 0 saturated heterocycles. The first-order valence-corrected chi connectivity index (χ1v) is 8.47. The van der Waals surface area contributed by atoms with Crippen molar-refractivity contribution in [2.45, 2.75) is 4.21 Å². The highest BCUT2D eigenvalue weighted by Gasteiger charge is 2.20. The molecule has 0 atom stereocenters. The average molecular weight is 435 g/mol. The monoisotopic (exact) mass is 432 g/mol. The maximum absolute atomic E-state index is 12.0. The fourth-order valence-corrected chi connectivity index (χ4v) is 4.31. The Morgan fingerprint density at radius 1 is 1.28 bits per heavy atom. The molecular formula is C7H3Br2ClN4O2S2. The van der Waals surface area contributed by atoms with Gasteiger partial charge in [-0.25, -0.2) is 23.4 Å². The summed E-state index contributed by atoms with van der Waals surface area (Å²) in [5.74, 6) is 0.0859. The Morgan fingerprint density at radius 2 is 2.00 bits per heavy atom. The van der Waals surface area contributed by atoms with Crippen LogP contribution in [0, 0.1) is 0 Å². The van der Waals surface area contributed by atoms with Crippen LogP contribution in [0.25, 0.3) is 0 Å². The predicted octanol–water partition coefficient (Wildman–Crippen LogP) is 2.91. The summed E-state index contributed by atoms with van der Waals surface area (Å²) in [6, 6.07) is 0. The number of halogens is 3. The van der Waals surface area contributed by atoms with Gasteiger partial charge in [-0.05, 0) is 31.9 Å². The lowest BCUT2D eigenvalue weighted by molar-refractivity contribution is 0.602. The van der Waals surface area contributed by atoms with E-state index in [1.165, 1.54) is 12.4 Å². The van der Waals surface area contributed by atoms with E-state index in [4.69, 9.17) is 11.6 Å². The van der Waals surface area contributed by atoms with Gasteiger partial charge in [0.1, 0.15) is 4.60 Å². The molecule has 0 aliphatic rings. The van der Waals surface area contributed by atoms with Crippen molar-refractivity contribution >= 4 is 70.6 Å². The minimum absolute atomic E-state index is 0.00381. The van der Waals surface area contributed by atoms with Crippen molar-refractivity contribution in [3.05, 3.63) is 26.1 Å². The summed E-state index contributed by atoms with van der Waals surface area (Å²) in [7, 11) is -3.75. The molecule has 0 bridgehead atoms. The number of sulfonamides is 1. The molecule has 2 rings (SSSR count). The minimum Gasteiger partial charge on any atom is -0.260 e. The molecule has 0 saturated carbocycles. The van der Waals surface area contributed by atoms with Gasteiger partial charge in [0, 0.05) is 0 Å². The van der Waals surface area contributed by atoms with Gasteiger partial charge in [0.15, 0.2) is 19.1 Å². The van der Waals surface area contributed by atoms with Crippen LogP contribution in [0.4, 0.5) is 5.82 Å². The van der Waals surface area contributed by atoms with Crippen molar-refractivity contribution in [2.75, 3.05) is 4.72 Å². The number of anilines is 1. The molecule has 0 aliphatic heterocycles. The number of aromatic nitrogens is 3. The standard InChI is InChI=1S/C7H3Br2ClN4O2S2/c8-3-1-11-6(5(9)13-3)14-18(15,16)4-2-12-7(10)17-4/h1-2H,(H,11,14). The molecule has 2 heterocycles. The van der Waals surface area contributed by atoms with Crippen LogP contribution in [0.15, 0.2) is 25.8 Å². The number of thiazole rings is 1. The van der Waals surface area contributed by atoms with Crippen molar-refractivity contribution in [3.63, 3.8) is 0 Å². The summed E-state index contributed by atoms with van der Waals surface area (Å²) in [6.07, 6.45) is 2.55. The molecule has 0 aromatic carbocycles. The second-order valence-electron chi connectivity index (χ2n) is 2.87. The van der Waals surface area contributed by atoms with Crippen molar-refractivity contribution in [1.82, 2.24) is 15.0 Å². The Kier molecular flexibility index (Phi) is 4.22.